The third-order valence-electron chi connectivity index (χ3n) is 4.26. The van der Waals surface area contributed by atoms with Crippen LogP contribution >= 0.6 is 34.8 Å². The van der Waals surface area contributed by atoms with Crippen LogP contribution < -0.4 is 5.01 Å². The number of hydrazone groups is 1. The summed E-state index contributed by atoms with van der Waals surface area (Å²) in [5.74, 6) is -0.315. The maximum absolute atomic E-state index is 12.2. The van der Waals surface area contributed by atoms with Gasteiger partial charge in [0.2, 0.25) is 5.91 Å². The lowest BCUT2D eigenvalue weighted by Crippen LogP contribution is -2.22. The molecule has 0 aliphatic carbocycles. The van der Waals surface area contributed by atoms with Gasteiger partial charge in [0.1, 0.15) is 0 Å². The van der Waals surface area contributed by atoms with Crippen molar-refractivity contribution >= 4 is 64.3 Å². The topological polar surface area (TPSA) is 56.5 Å². The Morgan fingerprint density at radius 1 is 0.968 bits per heavy atom. The van der Waals surface area contributed by atoms with Crippen LogP contribution in [0.5, 0.6) is 0 Å². The molecule has 0 aromatic heterocycles. The second-order valence-corrected chi connectivity index (χ2v) is 7.74. The highest BCUT2D eigenvalue weighted by Crippen LogP contribution is 2.36. The number of carbonyl (C=O) groups excluding carboxylic acids is 1. The van der Waals surface area contributed by atoms with Crippen molar-refractivity contribution in [2.24, 2.45) is 5.10 Å². The Morgan fingerprint density at radius 3 is 2.13 bits per heavy atom. The van der Waals surface area contributed by atoms with Crippen molar-refractivity contribution in [2.75, 3.05) is 5.01 Å². The molecule has 0 unspecified atom stereocenters. The molecular weight excluding hydrogens is 453 g/mol. The van der Waals surface area contributed by atoms with Gasteiger partial charge in [-0.2, -0.15) is 10.4 Å². The van der Waals surface area contributed by atoms with E-state index in [-0.39, 0.29) is 21.5 Å². The van der Waals surface area contributed by atoms with E-state index in [0.29, 0.717) is 16.3 Å². The van der Waals surface area contributed by atoms with Crippen molar-refractivity contribution in [3.63, 3.8) is 0 Å². The minimum atomic E-state index is -0.315. The molecule has 7 heteroatoms. The van der Waals surface area contributed by atoms with Gasteiger partial charge in [0, 0.05) is 17.5 Å². The van der Waals surface area contributed by atoms with Gasteiger partial charge >= 0.3 is 0 Å². The smallest absolute Gasteiger partial charge is 0.244 e. The second-order valence-electron chi connectivity index (χ2n) is 6.49. The van der Waals surface area contributed by atoms with E-state index in [4.69, 9.17) is 34.8 Å². The van der Waals surface area contributed by atoms with E-state index < -0.39 is 0 Å². The maximum Gasteiger partial charge on any atom is 0.244 e. The van der Waals surface area contributed by atoms with Gasteiger partial charge in [-0.3, -0.25) is 4.79 Å². The first-order valence-electron chi connectivity index (χ1n) is 9.15. The third kappa shape index (κ3) is 5.74. The zero-order valence-corrected chi connectivity index (χ0v) is 18.7. The number of hydrogen-bond acceptors (Lipinski definition) is 3. The van der Waals surface area contributed by atoms with Crippen molar-refractivity contribution < 1.29 is 4.79 Å². The number of allylic oxidation sites excluding steroid dienone is 1. The highest BCUT2D eigenvalue weighted by atomic mass is 35.5. The van der Waals surface area contributed by atoms with Crippen molar-refractivity contribution in [2.45, 2.75) is 6.92 Å². The van der Waals surface area contributed by atoms with Crippen LogP contribution in [0.25, 0.3) is 11.6 Å². The van der Waals surface area contributed by atoms with Gasteiger partial charge in [0.15, 0.2) is 0 Å². The van der Waals surface area contributed by atoms with E-state index in [1.165, 1.54) is 11.9 Å². The van der Waals surface area contributed by atoms with E-state index in [9.17, 15) is 10.1 Å². The number of halogens is 3. The summed E-state index contributed by atoms with van der Waals surface area (Å²) in [5.41, 5.74) is 2.66. The van der Waals surface area contributed by atoms with Crippen molar-refractivity contribution in [3.05, 3.63) is 98.5 Å². The summed E-state index contributed by atoms with van der Waals surface area (Å²) < 4.78 is 0. The van der Waals surface area contributed by atoms with E-state index in [0.717, 1.165) is 11.1 Å². The monoisotopic (exact) mass is 467 g/mol. The molecule has 0 saturated carbocycles. The van der Waals surface area contributed by atoms with Crippen molar-refractivity contribution in [1.82, 2.24) is 0 Å². The largest absolute Gasteiger partial charge is 0.273 e. The summed E-state index contributed by atoms with van der Waals surface area (Å²) in [6.07, 6.45) is 3.23. The van der Waals surface area contributed by atoms with Crippen LogP contribution in [0, 0.1) is 11.3 Å². The van der Waals surface area contributed by atoms with Crippen LogP contribution in [-0.4, -0.2) is 12.1 Å². The molecule has 3 rings (SSSR count). The number of rotatable bonds is 5. The molecular formula is C24H16Cl3N3O. The third-order valence-corrected chi connectivity index (χ3v) is 5.11. The van der Waals surface area contributed by atoms with Crippen LogP contribution in [0.1, 0.15) is 23.6 Å². The van der Waals surface area contributed by atoms with Crippen LogP contribution in [-0.2, 0) is 4.79 Å². The number of benzene rings is 3. The number of nitrogens with zero attached hydrogens (tertiary/aromatic N) is 3. The fraction of sp³-hybridized carbons (Fsp3) is 0.0417. The van der Waals surface area contributed by atoms with Gasteiger partial charge in [-0.15, -0.1) is 0 Å². The standard InChI is InChI=1S/C24H16Cl3N3O/c1-16(31)30(29-15-18-5-3-2-4-6-18)21-12-22(26)24(23(27)13-21)19(14-28)11-17-7-9-20(25)10-8-17/h2-13,15H,1H3. The molecule has 3 aromatic rings. The predicted molar refractivity (Wildman–Crippen MR) is 129 cm³/mol. The molecule has 0 spiro atoms. The molecule has 0 heterocycles. The van der Waals surface area contributed by atoms with E-state index in [1.54, 1.807) is 48.7 Å². The molecule has 3 aromatic carbocycles. The quantitative estimate of drug-likeness (QED) is 0.173. The molecule has 0 radical (unpaired) electrons. The highest BCUT2D eigenvalue weighted by Gasteiger charge is 2.18. The first-order valence-corrected chi connectivity index (χ1v) is 10.3. The predicted octanol–water partition coefficient (Wildman–Crippen LogP) is 7.10. The summed E-state index contributed by atoms with van der Waals surface area (Å²) in [6, 6.07) is 21.6. The molecule has 154 valence electrons. The Labute approximate surface area is 195 Å². The lowest BCUT2D eigenvalue weighted by Gasteiger charge is -2.17. The van der Waals surface area contributed by atoms with Crippen LogP contribution in [0.3, 0.4) is 0 Å². The van der Waals surface area contributed by atoms with E-state index >= 15 is 0 Å². The molecule has 0 N–H and O–H groups in total. The molecule has 0 saturated heterocycles. The minimum absolute atomic E-state index is 0.227. The van der Waals surface area contributed by atoms with Gasteiger partial charge < -0.3 is 0 Å². The molecule has 0 atom stereocenters. The summed E-state index contributed by atoms with van der Waals surface area (Å²) in [7, 11) is 0. The molecule has 4 nitrogen and oxygen atoms in total. The van der Waals surface area contributed by atoms with Gasteiger partial charge in [-0.25, -0.2) is 5.01 Å². The van der Waals surface area contributed by atoms with E-state index in [2.05, 4.69) is 11.2 Å². The number of hydrogen-bond donors (Lipinski definition) is 0. The SMILES string of the molecule is CC(=O)N(N=Cc1ccccc1)c1cc(Cl)c(C(C#N)=Cc2ccc(Cl)cc2)c(Cl)c1. The fourth-order valence-corrected chi connectivity index (χ4v) is 3.62. The number of nitriles is 1. The highest BCUT2D eigenvalue weighted by molar-refractivity contribution is 6.39. The van der Waals surface area contributed by atoms with Crippen molar-refractivity contribution in [1.29, 1.82) is 5.26 Å². The molecule has 0 aliphatic heterocycles. The molecule has 1 amide bonds. The minimum Gasteiger partial charge on any atom is -0.273 e. The first-order chi connectivity index (χ1) is 14.9. The number of amides is 1. The van der Waals surface area contributed by atoms with Crippen LogP contribution in [0.2, 0.25) is 15.1 Å². The normalized spacial score (nSPS) is 11.4. The summed E-state index contributed by atoms with van der Waals surface area (Å²) >= 11 is 18.9. The van der Waals surface area contributed by atoms with Crippen LogP contribution in [0.4, 0.5) is 5.69 Å². The molecule has 0 fully saturated rings. The van der Waals surface area contributed by atoms with Gasteiger partial charge in [0.05, 0.1) is 33.6 Å². The zero-order valence-electron chi connectivity index (χ0n) is 16.4. The summed E-state index contributed by atoms with van der Waals surface area (Å²) in [4.78, 5) is 12.2. The van der Waals surface area contributed by atoms with Gasteiger partial charge in [-0.1, -0.05) is 77.3 Å². The van der Waals surface area contributed by atoms with Gasteiger partial charge in [0.25, 0.3) is 0 Å². The zero-order chi connectivity index (χ0) is 22.4. The Kier molecular flexibility index (Phi) is 7.49. The second kappa shape index (κ2) is 10.3. The fourth-order valence-electron chi connectivity index (χ4n) is 2.82. The Bertz CT molecular complexity index is 1170. The Morgan fingerprint density at radius 2 is 1.58 bits per heavy atom. The summed E-state index contributed by atoms with van der Waals surface area (Å²) in [5, 5.41) is 16.2. The Balaban J connectivity index is 1.99. The average Bonchev–Trinajstić information content (AvgIpc) is 2.74. The molecule has 0 aliphatic rings. The maximum atomic E-state index is 12.2. The van der Waals surface area contributed by atoms with Gasteiger partial charge in [-0.05, 0) is 41.5 Å². The van der Waals surface area contributed by atoms with E-state index in [1.807, 2.05) is 30.3 Å². The molecule has 0 bridgehead atoms. The molecule has 31 heavy (non-hydrogen) atoms. The van der Waals surface area contributed by atoms with Crippen molar-refractivity contribution in [3.8, 4) is 6.07 Å². The number of carbonyl (C=O) groups is 1. The lowest BCUT2D eigenvalue weighted by molar-refractivity contribution is -0.116. The average molecular weight is 469 g/mol. The number of anilines is 1. The van der Waals surface area contributed by atoms with Crippen LogP contribution in [0.15, 0.2) is 71.8 Å². The summed E-state index contributed by atoms with van der Waals surface area (Å²) in [6.45, 7) is 1.39. The Hall–Kier alpha value is -3.10. The lowest BCUT2D eigenvalue weighted by atomic mass is 10.0. The first kappa shape index (κ1) is 22.6.